The lowest BCUT2D eigenvalue weighted by Crippen LogP contribution is -2.38. The fraction of sp³-hybridized carbons (Fsp3) is 0.500. The first kappa shape index (κ1) is 17.0. The zero-order chi connectivity index (χ0) is 15.7. The SMILES string of the molecule is CC[C@@H](C)C[C@@H](CC(=O)O)NC(=O)OCc1ccccc1. The molecular formula is C16H23NO4. The zero-order valence-electron chi connectivity index (χ0n) is 12.5. The van der Waals surface area contributed by atoms with Crippen LogP contribution in [0.2, 0.25) is 0 Å². The van der Waals surface area contributed by atoms with Gasteiger partial charge >= 0.3 is 12.1 Å². The van der Waals surface area contributed by atoms with E-state index in [9.17, 15) is 9.59 Å². The molecule has 0 fully saturated rings. The van der Waals surface area contributed by atoms with E-state index >= 15 is 0 Å². The second kappa shape index (κ2) is 9.00. The average molecular weight is 293 g/mol. The van der Waals surface area contributed by atoms with Crippen molar-refractivity contribution in [1.82, 2.24) is 5.32 Å². The molecule has 0 aliphatic rings. The van der Waals surface area contributed by atoms with Crippen LogP contribution < -0.4 is 5.32 Å². The maximum atomic E-state index is 11.8. The highest BCUT2D eigenvalue weighted by molar-refractivity contribution is 5.71. The van der Waals surface area contributed by atoms with Gasteiger partial charge in [0.2, 0.25) is 0 Å². The third-order valence-corrected chi connectivity index (χ3v) is 3.34. The first-order valence-corrected chi connectivity index (χ1v) is 7.20. The Kier molecular flexibility index (Phi) is 7.29. The molecule has 0 saturated carbocycles. The summed E-state index contributed by atoms with van der Waals surface area (Å²) in [5, 5.41) is 11.5. The lowest BCUT2D eigenvalue weighted by atomic mass is 9.97. The molecule has 21 heavy (non-hydrogen) atoms. The largest absolute Gasteiger partial charge is 0.481 e. The number of hydrogen-bond acceptors (Lipinski definition) is 3. The van der Waals surface area contributed by atoms with E-state index in [-0.39, 0.29) is 13.0 Å². The van der Waals surface area contributed by atoms with Crippen LogP contribution in [0.5, 0.6) is 0 Å². The molecule has 2 N–H and O–H groups in total. The van der Waals surface area contributed by atoms with Crippen LogP contribution in [0.15, 0.2) is 30.3 Å². The summed E-state index contributed by atoms with van der Waals surface area (Å²) in [6.45, 7) is 4.25. The van der Waals surface area contributed by atoms with E-state index < -0.39 is 18.1 Å². The minimum Gasteiger partial charge on any atom is -0.481 e. The molecule has 0 heterocycles. The van der Waals surface area contributed by atoms with Gasteiger partial charge in [-0.1, -0.05) is 50.6 Å². The first-order chi connectivity index (χ1) is 10.0. The highest BCUT2D eigenvalue weighted by Gasteiger charge is 2.19. The van der Waals surface area contributed by atoms with Crippen molar-refractivity contribution in [2.45, 2.75) is 45.8 Å². The number of carbonyl (C=O) groups is 2. The van der Waals surface area contributed by atoms with Crippen molar-refractivity contribution in [1.29, 1.82) is 0 Å². The van der Waals surface area contributed by atoms with E-state index in [1.54, 1.807) is 0 Å². The summed E-state index contributed by atoms with van der Waals surface area (Å²) in [6, 6.07) is 8.95. The molecule has 1 amide bonds. The predicted molar refractivity (Wildman–Crippen MR) is 79.9 cm³/mol. The number of ether oxygens (including phenoxy) is 1. The lowest BCUT2D eigenvalue weighted by Gasteiger charge is -2.20. The van der Waals surface area contributed by atoms with Gasteiger partial charge < -0.3 is 15.2 Å². The van der Waals surface area contributed by atoms with E-state index in [1.807, 2.05) is 44.2 Å². The molecule has 1 aromatic carbocycles. The van der Waals surface area contributed by atoms with Gasteiger partial charge in [0.1, 0.15) is 6.61 Å². The third kappa shape index (κ3) is 7.34. The Bertz CT molecular complexity index is 447. The number of hydrogen-bond donors (Lipinski definition) is 2. The second-order valence-corrected chi connectivity index (χ2v) is 5.25. The van der Waals surface area contributed by atoms with Crippen LogP contribution in [-0.2, 0) is 16.1 Å². The maximum Gasteiger partial charge on any atom is 0.407 e. The van der Waals surface area contributed by atoms with Gasteiger partial charge in [-0.05, 0) is 17.9 Å². The normalized spacial score (nSPS) is 13.2. The van der Waals surface area contributed by atoms with Crippen molar-refractivity contribution in [2.75, 3.05) is 0 Å². The molecule has 1 rings (SSSR count). The number of alkyl carbamates (subject to hydrolysis) is 1. The van der Waals surface area contributed by atoms with Gasteiger partial charge in [-0.15, -0.1) is 0 Å². The van der Waals surface area contributed by atoms with Gasteiger partial charge in [-0.3, -0.25) is 4.79 Å². The molecule has 0 unspecified atom stereocenters. The summed E-state index contributed by atoms with van der Waals surface area (Å²) >= 11 is 0. The number of benzene rings is 1. The summed E-state index contributed by atoms with van der Waals surface area (Å²) in [7, 11) is 0. The van der Waals surface area contributed by atoms with Crippen LogP contribution in [0.4, 0.5) is 4.79 Å². The molecule has 0 aliphatic heterocycles. The lowest BCUT2D eigenvalue weighted by molar-refractivity contribution is -0.137. The Morgan fingerprint density at radius 1 is 1.29 bits per heavy atom. The first-order valence-electron chi connectivity index (χ1n) is 7.20. The summed E-state index contributed by atoms with van der Waals surface area (Å²) in [4.78, 5) is 22.6. The Balaban J connectivity index is 2.45. The molecule has 0 radical (unpaired) electrons. The monoisotopic (exact) mass is 293 g/mol. The van der Waals surface area contributed by atoms with Crippen molar-refractivity contribution in [2.24, 2.45) is 5.92 Å². The average Bonchev–Trinajstić information content (AvgIpc) is 2.45. The highest BCUT2D eigenvalue weighted by Crippen LogP contribution is 2.12. The maximum absolute atomic E-state index is 11.8. The molecule has 5 nitrogen and oxygen atoms in total. The van der Waals surface area contributed by atoms with Gasteiger partial charge in [0, 0.05) is 6.04 Å². The van der Waals surface area contributed by atoms with Crippen molar-refractivity contribution < 1.29 is 19.4 Å². The van der Waals surface area contributed by atoms with Crippen LogP contribution in [0.3, 0.4) is 0 Å². The van der Waals surface area contributed by atoms with Crippen LogP contribution in [0.1, 0.15) is 38.7 Å². The van der Waals surface area contributed by atoms with E-state index in [0.717, 1.165) is 12.0 Å². The second-order valence-electron chi connectivity index (χ2n) is 5.25. The molecule has 1 aromatic rings. The Morgan fingerprint density at radius 3 is 2.52 bits per heavy atom. The molecule has 0 saturated heterocycles. The molecule has 0 spiro atoms. The highest BCUT2D eigenvalue weighted by atomic mass is 16.5. The smallest absolute Gasteiger partial charge is 0.407 e. The number of carboxylic acids is 1. The van der Waals surface area contributed by atoms with Gasteiger partial charge in [-0.25, -0.2) is 4.79 Å². The minimum atomic E-state index is -0.924. The molecule has 116 valence electrons. The van der Waals surface area contributed by atoms with Gasteiger partial charge in [-0.2, -0.15) is 0 Å². The quantitative estimate of drug-likeness (QED) is 0.771. The Labute approximate surface area is 125 Å². The molecule has 0 aromatic heterocycles. The summed E-state index contributed by atoms with van der Waals surface area (Å²) in [6.07, 6.45) is 0.902. The van der Waals surface area contributed by atoms with Gasteiger partial charge in [0.15, 0.2) is 0 Å². The number of aliphatic carboxylic acids is 1. The van der Waals surface area contributed by atoms with Crippen LogP contribution >= 0.6 is 0 Å². The van der Waals surface area contributed by atoms with Crippen LogP contribution in [0, 0.1) is 5.92 Å². The van der Waals surface area contributed by atoms with Crippen molar-refractivity contribution in [3.05, 3.63) is 35.9 Å². The van der Waals surface area contributed by atoms with Crippen LogP contribution in [0.25, 0.3) is 0 Å². The van der Waals surface area contributed by atoms with Gasteiger partial charge in [0.05, 0.1) is 6.42 Å². The topological polar surface area (TPSA) is 75.6 Å². The standard InChI is InChI=1S/C16H23NO4/c1-3-12(2)9-14(10-15(18)19)17-16(20)21-11-13-7-5-4-6-8-13/h4-8,12,14H,3,9-11H2,1-2H3,(H,17,20)(H,18,19)/t12-,14+/m1/s1. The molecule has 2 atom stereocenters. The summed E-state index contributed by atoms with van der Waals surface area (Å²) in [5.74, 6) is -0.574. The molecule has 5 heteroatoms. The summed E-state index contributed by atoms with van der Waals surface area (Å²) < 4.78 is 5.11. The Morgan fingerprint density at radius 2 is 1.95 bits per heavy atom. The van der Waals surface area contributed by atoms with Crippen molar-refractivity contribution in [3.63, 3.8) is 0 Å². The number of carboxylic acid groups (broad SMARTS) is 1. The fourth-order valence-corrected chi connectivity index (χ4v) is 1.99. The van der Waals surface area contributed by atoms with Crippen molar-refractivity contribution in [3.8, 4) is 0 Å². The Hall–Kier alpha value is -2.04. The van der Waals surface area contributed by atoms with Gasteiger partial charge in [0.25, 0.3) is 0 Å². The summed E-state index contributed by atoms with van der Waals surface area (Å²) in [5.41, 5.74) is 0.893. The number of amides is 1. The third-order valence-electron chi connectivity index (χ3n) is 3.34. The molecular weight excluding hydrogens is 270 g/mol. The molecule has 0 bridgehead atoms. The van der Waals surface area contributed by atoms with E-state index in [4.69, 9.17) is 9.84 Å². The van der Waals surface area contributed by atoms with E-state index in [0.29, 0.717) is 12.3 Å². The zero-order valence-corrected chi connectivity index (χ0v) is 12.5. The fourth-order valence-electron chi connectivity index (χ4n) is 1.99. The minimum absolute atomic E-state index is 0.0925. The van der Waals surface area contributed by atoms with E-state index in [2.05, 4.69) is 5.32 Å². The van der Waals surface area contributed by atoms with Crippen LogP contribution in [-0.4, -0.2) is 23.2 Å². The van der Waals surface area contributed by atoms with Crippen molar-refractivity contribution >= 4 is 12.1 Å². The number of nitrogens with one attached hydrogen (secondary N) is 1. The molecule has 0 aliphatic carbocycles. The number of rotatable bonds is 8. The van der Waals surface area contributed by atoms with E-state index in [1.165, 1.54) is 0 Å². The predicted octanol–water partition coefficient (Wildman–Crippen LogP) is 3.19. The number of carbonyl (C=O) groups excluding carboxylic acids is 1.